The van der Waals surface area contributed by atoms with Crippen molar-refractivity contribution < 1.29 is 13.2 Å². The standard InChI is InChI=1S/C17H30N4O3S/c1-13(2)17(3,12-18)19-16(22)15-10-14(11-20(15)4)25(23,24)21-8-6-5-7-9-21/h10-11,13H,5-9,12,18H2,1-4H3,(H,19,22). The zero-order chi connectivity index (χ0) is 18.8. The van der Waals surface area contributed by atoms with Crippen LogP contribution in [0, 0.1) is 5.92 Å². The van der Waals surface area contributed by atoms with Crippen LogP contribution < -0.4 is 11.1 Å². The number of hydrogen-bond acceptors (Lipinski definition) is 4. The maximum atomic E-state index is 12.8. The summed E-state index contributed by atoms with van der Waals surface area (Å²) in [5.74, 6) is -0.164. The Morgan fingerprint density at radius 2 is 1.92 bits per heavy atom. The highest BCUT2D eigenvalue weighted by atomic mass is 32.2. The number of nitrogens with one attached hydrogen (secondary N) is 1. The van der Waals surface area contributed by atoms with E-state index in [9.17, 15) is 13.2 Å². The third-order valence-corrected chi connectivity index (χ3v) is 7.13. The Balaban J connectivity index is 2.26. The van der Waals surface area contributed by atoms with Crippen LogP contribution in [-0.4, -0.2) is 48.4 Å². The second-order valence-electron chi connectivity index (χ2n) is 7.37. The summed E-state index contributed by atoms with van der Waals surface area (Å²) >= 11 is 0. The van der Waals surface area contributed by atoms with Crippen molar-refractivity contribution in [2.45, 2.75) is 50.5 Å². The van der Waals surface area contributed by atoms with Crippen LogP contribution in [0.2, 0.25) is 0 Å². The van der Waals surface area contributed by atoms with Crippen molar-refractivity contribution in [1.29, 1.82) is 0 Å². The SMILES string of the molecule is CC(C)C(C)(CN)NC(=O)c1cc(S(=O)(=O)N2CCCCC2)cn1C. The minimum absolute atomic E-state index is 0.151. The van der Waals surface area contributed by atoms with Gasteiger partial charge in [-0.2, -0.15) is 4.31 Å². The lowest BCUT2D eigenvalue weighted by molar-refractivity contribution is 0.0874. The lowest BCUT2D eigenvalue weighted by atomic mass is 9.88. The Bertz CT molecular complexity index is 720. The van der Waals surface area contributed by atoms with Gasteiger partial charge in [0.05, 0.1) is 5.54 Å². The summed E-state index contributed by atoms with van der Waals surface area (Å²) in [5.41, 5.74) is 5.59. The molecule has 1 aliphatic heterocycles. The zero-order valence-corrected chi connectivity index (χ0v) is 16.4. The number of sulfonamides is 1. The van der Waals surface area contributed by atoms with E-state index in [1.807, 2.05) is 20.8 Å². The maximum absolute atomic E-state index is 12.8. The molecule has 0 radical (unpaired) electrons. The number of carbonyl (C=O) groups is 1. The first kappa shape index (κ1) is 19.9. The van der Waals surface area contributed by atoms with E-state index in [2.05, 4.69) is 5.32 Å². The molecule has 0 saturated carbocycles. The second-order valence-corrected chi connectivity index (χ2v) is 9.31. The average Bonchev–Trinajstić information content (AvgIpc) is 2.98. The van der Waals surface area contributed by atoms with Crippen molar-refractivity contribution in [2.24, 2.45) is 18.7 Å². The van der Waals surface area contributed by atoms with Gasteiger partial charge in [0.2, 0.25) is 10.0 Å². The molecule has 3 N–H and O–H groups in total. The zero-order valence-electron chi connectivity index (χ0n) is 15.6. The monoisotopic (exact) mass is 370 g/mol. The third kappa shape index (κ3) is 4.07. The third-order valence-electron chi connectivity index (χ3n) is 5.26. The predicted molar refractivity (Wildman–Crippen MR) is 97.8 cm³/mol. The molecule has 2 heterocycles. The lowest BCUT2D eigenvalue weighted by Crippen LogP contribution is -2.55. The fraction of sp³-hybridized carbons (Fsp3) is 0.706. The molecule has 0 aromatic carbocycles. The summed E-state index contributed by atoms with van der Waals surface area (Å²) in [6.45, 7) is 7.26. The first-order chi connectivity index (χ1) is 11.6. The van der Waals surface area contributed by atoms with Crippen LogP contribution >= 0.6 is 0 Å². The van der Waals surface area contributed by atoms with E-state index in [0.29, 0.717) is 25.3 Å². The maximum Gasteiger partial charge on any atom is 0.268 e. The van der Waals surface area contributed by atoms with Crippen LogP contribution in [-0.2, 0) is 17.1 Å². The highest BCUT2D eigenvalue weighted by Gasteiger charge is 2.32. The van der Waals surface area contributed by atoms with Gasteiger partial charge in [0.15, 0.2) is 0 Å². The van der Waals surface area contributed by atoms with E-state index in [1.54, 1.807) is 11.6 Å². The van der Waals surface area contributed by atoms with Gasteiger partial charge in [-0.25, -0.2) is 8.42 Å². The minimum atomic E-state index is -3.56. The van der Waals surface area contributed by atoms with E-state index < -0.39 is 15.6 Å². The van der Waals surface area contributed by atoms with Crippen molar-refractivity contribution in [3.63, 3.8) is 0 Å². The number of nitrogens with two attached hydrogens (primary N) is 1. The van der Waals surface area contributed by atoms with Gasteiger partial charge in [-0.05, 0) is 31.7 Å². The number of nitrogens with zero attached hydrogens (tertiary/aromatic N) is 2. The molecule has 142 valence electrons. The fourth-order valence-electron chi connectivity index (χ4n) is 2.91. The summed E-state index contributed by atoms with van der Waals surface area (Å²) in [6, 6.07) is 1.45. The van der Waals surface area contributed by atoms with E-state index in [1.165, 1.54) is 16.6 Å². The summed E-state index contributed by atoms with van der Waals surface area (Å²) in [4.78, 5) is 12.8. The van der Waals surface area contributed by atoms with E-state index in [0.717, 1.165) is 19.3 Å². The first-order valence-electron chi connectivity index (χ1n) is 8.81. The Morgan fingerprint density at radius 1 is 1.32 bits per heavy atom. The topological polar surface area (TPSA) is 97.4 Å². The molecule has 25 heavy (non-hydrogen) atoms. The van der Waals surface area contributed by atoms with Gasteiger partial charge in [0.25, 0.3) is 5.91 Å². The molecule has 0 bridgehead atoms. The van der Waals surface area contributed by atoms with Crippen LogP contribution in [0.4, 0.5) is 0 Å². The predicted octanol–water partition coefficient (Wildman–Crippen LogP) is 1.30. The Morgan fingerprint density at radius 3 is 2.44 bits per heavy atom. The molecule has 0 spiro atoms. The first-order valence-corrected chi connectivity index (χ1v) is 10.2. The van der Waals surface area contributed by atoms with Crippen LogP contribution in [0.25, 0.3) is 0 Å². The van der Waals surface area contributed by atoms with Crippen molar-refractivity contribution in [2.75, 3.05) is 19.6 Å². The molecule has 8 heteroatoms. The molecule has 1 aliphatic rings. The van der Waals surface area contributed by atoms with E-state index in [4.69, 9.17) is 5.73 Å². The quantitative estimate of drug-likeness (QED) is 0.789. The number of aromatic nitrogens is 1. The Kier molecular flexibility index (Phi) is 5.96. The Labute approximate surface area is 150 Å². The summed E-state index contributed by atoms with van der Waals surface area (Å²) in [5, 5.41) is 2.95. The molecule has 1 fully saturated rings. The van der Waals surface area contributed by atoms with Crippen molar-refractivity contribution >= 4 is 15.9 Å². The molecule has 1 atom stereocenters. The number of rotatable bonds is 6. The molecule has 2 rings (SSSR count). The van der Waals surface area contributed by atoms with Crippen LogP contribution in [0.15, 0.2) is 17.2 Å². The van der Waals surface area contributed by atoms with E-state index >= 15 is 0 Å². The van der Waals surface area contributed by atoms with Gasteiger partial charge < -0.3 is 15.6 Å². The summed E-state index contributed by atoms with van der Waals surface area (Å²) in [7, 11) is -1.88. The van der Waals surface area contributed by atoms with Crippen molar-refractivity contribution in [1.82, 2.24) is 14.2 Å². The van der Waals surface area contributed by atoms with Crippen LogP contribution in [0.5, 0.6) is 0 Å². The summed E-state index contributed by atoms with van der Waals surface area (Å²) in [6.07, 6.45) is 4.32. The largest absolute Gasteiger partial charge is 0.345 e. The lowest BCUT2D eigenvalue weighted by Gasteiger charge is -2.33. The smallest absolute Gasteiger partial charge is 0.268 e. The van der Waals surface area contributed by atoms with Gasteiger partial charge in [-0.15, -0.1) is 0 Å². The summed E-state index contributed by atoms with van der Waals surface area (Å²) < 4.78 is 28.6. The fourth-order valence-corrected chi connectivity index (χ4v) is 4.50. The highest BCUT2D eigenvalue weighted by molar-refractivity contribution is 7.89. The normalized spacial score (nSPS) is 19.0. The average molecular weight is 371 g/mol. The number of hydrogen-bond donors (Lipinski definition) is 2. The minimum Gasteiger partial charge on any atom is -0.345 e. The second kappa shape index (κ2) is 7.47. The highest BCUT2D eigenvalue weighted by Crippen LogP contribution is 2.23. The molecular formula is C17H30N4O3S. The van der Waals surface area contributed by atoms with Crippen LogP contribution in [0.1, 0.15) is 50.5 Å². The molecular weight excluding hydrogens is 340 g/mol. The number of amides is 1. The molecule has 1 aromatic heterocycles. The number of piperidine rings is 1. The number of aryl methyl sites for hydroxylation is 1. The van der Waals surface area contributed by atoms with Gasteiger partial charge in [0.1, 0.15) is 10.6 Å². The molecule has 1 aromatic rings. The van der Waals surface area contributed by atoms with Gasteiger partial charge in [-0.1, -0.05) is 20.3 Å². The molecule has 1 amide bonds. The van der Waals surface area contributed by atoms with Crippen molar-refractivity contribution in [3.05, 3.63) is 18.0 Å². The van der Waals surface area contributed by atoms with Gasteiger partial charge >= 0.3 is 0 Å². The van der Waals surface area contributed by atoms with Gasteiger partial charge in [0, 0.05) is 32.9 Å². The molecule has 7 nitrogen and oxygen atoms in total. The number of carbonyl (C=O) groups excluding carboxylic acids is 1. The molecule has 0 aliphatic carbocycles. The van der Waals surface area contributed by atoms with Gasteiger partial charge in [-0.3, -0.25) is 4.79 Å². The molecule has 1 saturated heterocycles. The van der Waals surface area contributed by atoms with Crippen LogP contribution in [0.3, 0.4) is 0 Å². The van der Waals surface area contributed by atoms with Crippen molar-refractivity contribution in [3.8, 4) is 0 Å². The van der Waals surface area contributed by atoms with E-state index in [-0.39, 0.29) is 16.7 Å². The molecule has 1 unspecified atom stereocenters. The Hall–Kier alpha value is -1.38.